The molecule has 0 atom stereocenters. The second-order valence-corrected chi connectivity index (χ2v) is 2.56. The first kappa shape index (κ1) is 6.39. The fraction of sp³-hybridized carbons (Fsp3) is 0.429. The lowest BCUT2D eigenvalue weighted by atomic mass is 10.3. The number of nitrogens with zero attached hydrogens (tertiary/aromatic N) is 3. The molecular weight excluding hydrogens is 140 g/mol. The van der Waals surface area contributed by atoms with Crippen molar-refractivity contribution in [1.29, 1.82) is 0 Å². The van der Waals surface area contributed by atoms with Crippen molar-refractivity contribution in [2.75, 3.05) is 0 Å². The molecule has 0 saturated heterocycles. The standard InChI is InChI=1S/C7H10N4/c1-3-6-4-7-8-5(2)9-11(7)10-6/h4,10H,3H2,1-2H3. The lowest BCUT2D eigenvalue weighted by Gasteiger charge is -1.84. The summed E-state index contributed by atoms with van der Waals surface area (Å²) < 4.78 is 1.70. The summed E-state index contributed by atoms with van der Waals surface area (Å²) in [6.45, 7) is 3.98. The van der Waals surface area contributed by atoms with Crippen molar-refractivity contribution in [1.82, 2.24) is 19.8 Å². The maximum Gasteiger partial charge on any atom is 0.175 e. The van der Waals surface area contributed by atoms with E-state index in [-0.39, 0.29) is 0 Å². The minimum atomic E-state index is 0.805. The largest absolute Gasteiger partial charge is 0.280 e. The molecule has 0 unspecified atom stereocenters. The number of hydrogen-bond donors (Lipinski definition) is 1. The Hall–Kier alpha value is -1.32. The smallest absolute Gasteiger partial charge is 0.175 e. The average Bonchev–Trinajstić information content (AvgIpc) is 2.43. The molecule has 0 fully saturated rings. The van der Waals surface area contributed by atoms with Gasteiger partial charge in [0.25, 0.3) is 0 Å². The molecule has 58 valence electrons. The van der Waals surface area contributed by atoms with E-state index in [0.29, 0.717) is 0 Å². The van der Waals surface area contributed by atoms with Gasteiger partial charge in [-0.2, -0.15) is 4.63 Å². The monoisotopic (exact) mass is 150 g/mol. The predicted molar refractivity (Wildman–Crippen MR) is 41.5 cm³/mol. The summed E-state index contributed by atoms with van der Waals surface area (Å²) in [5.74, 6) is 0.805. The van der Waals surface area contributed by atoms with E-state index in [4.69, 9.17) is 0 Å². The third kappa shape index (κ3) is 0.906. The highest BCUT2D eigenvalue weighted by Crippen LogP contribution is 2.03. The number of nitrogens with one attached hydrogen (secondary N) is 1. The lowest BCUT2D eigenvalue weighted by Crippen LogP contribution is -1.88. The normalized spacial score (nSPS) is 11.1. The topological polar surface area (TPSA) is 46.0 Å². The van der Waals surface area contributed by atoms with Gasteiger partial charge in [0.1, 0.15) is 5.82 Å². The Morgan fingerprint density at radius 3 is 3.09 bits per heavy atom. The molecule has 0 bridgehead atoms. The van der Waals surface area contributed by atoms with Crippen LogP contribution in [0.4, 0.5) is 0 Å². The Bertz CT molecular complexity index is 339. The molecule has 2 aromatic rings. The minimum Gasteiger partial charge on any atom is -0.280 e. The van der Waals surface area contributed by atoms with Crippen LogP contribution in [0.3, 0.4) is 0 Å². The van der Waals surface area contributed by atoms with E-state index >= 15 is 0 Å². The number of aryl methyl sites for hydroxylation is 2. The molecule has 4 heteroatoms. The SMILES string of the molecule is CCc1cc2nc(C)nn2[nH]1. The van der Waals surface area contributed by atoms with Crippen LogP contribution >= 0.6 is 0 Å². The summed E-state index contributed by atoms with van der Waals surface area (Å²) in [6.07, 6.45) is 0.990. The molecule has 2 aromatic heterocycles. The lowest BCUT2D eigenvalue weighted by molar-refractivity contribution is 0.780. The van der Waals surface area contributed by atoms with E-state index in [1.807, 2.05) is 13.0 Å². The van der Waals surface area contributed by atoms with Crippen molar-refractivity contribution in [2.24, 2.45) is 0 Å². The molecule has 0 amide bonds. The maximum atomic E-state index is 4.20. The zero-order valence-corrected chi connectivity index (χ0v) is 6.63. The van der Waals surface area contributed by atoms with Crippen LogP contribution in [0, 0.1) is 6.92 Å². The van der Waals surface area contributed by atoms with Crippen molar-refractivity contribution in [3.63, 3.8) is 0 Å². The fourth-order valence-corrected chi connectivity index (χ4v) is 1.11. The summed E-state index contributed by atoms with van der Waals surface area (Å²) in [5.41, 5.74) is 2.07. The van der Waals surface area contributed by atoms with Gasteiger partial charge < -0.3 is 0 Å². The Labute approximate surface area is 64.2 Å². The van der Waals surface area contributed by atoms with Gasteiger partial charge in [0.15, 0.2) is 5.65 Å². The van der Waals surface area contributed by atoms with Crippen LogP contribution in [0.25, 0.3) is 5.65 Å². The highest BCUT2D eigenvalue weighted by Gasteiger charge is 2.01. The van der Waals surface area contributed by atoms with Crippen molar-refractivity contribution in [3.8, 4) is 0 Å². The summed E-state index contributed by atoms with van der Waals surface area (Å²) in [7, 11) is 0. The van der Waals surface area contributed by atoms with E-state index in [1.54, 1.807) is 4.63 Å². The zero-order chi connectivity index (χ0) is 7.84. The molecule has 0 aliphatic rings. The van der Waals surface area contributed by atoms with Gasteiger partial charge >= 0.3 is 0 Å². The van der Waals surface area contributed by atoms with Crippen LogP contribution in [-0.2, 0) is 6.42 Å². The first-order chi connectivity index (χ1) is 5.29. The number of H-pyrrole nitrogens is 1. The van der Waals surface area contributed by atoms with E-state index in [9.17, 15) is 0 Å². The molecule has 2 heterocycles. The maximum absolute atomic E-state index is 4.20. The Morgan fingerprint density at radius 1 is 1.64 bits per heavy atom. The fourth-order valence-electron chi connectivity index (χ4n) is 1.11. The first-order valence-corrected chi connectivity index (χ1v) is 3.71. The molecule has 0 spiro atoms. The Balaban J connectivity index is 2.64. The van der Waals surface area contributed by atoms with E-state index in [1.165, 1.54) is 5.69 Å². The van der Waals surface area contributed by atoms with E-state index < -0.39 is 0 Å². The van der Waals surface area contributed by atoms with Crippen molar-refractivity contribution in [3.05, 3.63) is 17.6 Å². The Kier molecular flexibility index (Phi) is 1.21. The second-order valence-electron chi connectivity index (χ2n) is 2.56. The van der Waals surface area contributed by atoms with E-state index in [2.05, 4.69) is 22.1 Å². The van der Waals surface area contributed by atoms with Crippen LogP contribution in [0.2, 0.25) is 0 Å². The molecule has 4 nitrogen and oxygen atoms in total. The molecule has 0 radical (unpaired) electrons. The van der Waals surface area contributed by atoms with Gasteiger partial charge in [0, 0.05) is 11.8 Å². The zero-order valence-electron chi connectivity index (χ0n) is 6.63. The van der Waals surface area contributed by atoms with Crippen LogP contribution in [0.15, 0.2) is 6.07 Å². The quantitative estimate of drug-likeness (QED) is 0.657. The number of aromatic nitrogens is 4. The summed E-state index contributed by atoms with van der Waals surface area (Å²) in [5, 5.41) is 7.24. The summed E-state index contributed by atoms with van der Waals surface area (Å²) in [4.78, 5) is 4.20. The van der Waals surface area contributed by atoms with Crippen LogP contribution in [0.1, 0.15) is 18.4 Å². The summed E-state index contributed by atoms with van der Waals surface area (Å²) in [6, 6.07) is 2.01. The number of hydrogen-bond acceptors (Lipinski definition) is 2. The highest BCUT2D eigenvalue weighted by molar-refractivity contribution is 5.37. The predicted octanol–water partition coefficient (Wildman–Crippen LogP) is 0.928. The van der Waals surface area contributed by atoms with Gasteiger partial charge in [-0.1, -0.05) is 6.92 Å². The van der Waals surface area contributed by atoms with E-state index in [0.717, 1.165) is 17.9 Å². The van der Waals surface area contributed by atoms with Crippen LogP contribution in [0.5, 0.6) is 0 Å². The molecule has 1 N–H and O–H groups in total. The van der Waals surface area contributed by atoms with Gasteiger partial charge in [-0.05, 0) is 13.3 Å². The molecular formula is C7H10N4. The van der Waals surface area contributed by atoms with Gasteiger partial charge in [0.2, 0.25) is 0 Å². The van der Waals surface area contributed by atoms with Crippen molar-refractivity contribution in [2.45, 2.75) is 20.3 Å². The van der Waals surface area contributed by atoms with Gasteiger partial charge in [0.05, 0.1) is 0 Å². The van der Waals surface area contributed by atoms with Gasteiger partial charge in [-0.15, -0.1) is 5.10 Å². The van der Waals surface area contributed by atoms with Crippen molar-refractivity contribution >= 4 is 5.65 Å². The third-order valence-corrected chi connectivity index (χ3v) is 1.67. The first-order valence-electron chi connectivity index (χ1n) is 3.71. The number of rotatable bonds is 1. The average molecular weight is 150 g/mol. The number of aromatic amines is 1. The van der Waals surface area contributed by atoms with Crippen LogP contribution in [-0.4, -0.2) is 19.8 Å². The summed E-state index contributed by atoms with van der Waals surface area (Å²) >= 11 is 0. The Morgan fingerprint density at radius 2 is 2.45 bits per heavy atom. The molecule has 0 aromatic carbocycles. The minimum absolute atomic E-state index is 0.805. The molecule has 0 aliphatic carbocycles. The van der Waals surface area contributed by atoms with Gasteiger partial charge in [-0.3, -0.25) is 5.10 Å². The number of fused-ring (bicyclic) bond motifs is 1. The third-order valence-electron chi connectivity index (χ3n) is 1.67. The molecule has 11 heavy (non-hydrogen) atoms. The molecule has 0 aliphatic heterocycles. The highest BCUT2D eigenvalue weighted by atomic mass is 15.5. The second kappa shape index (κ2) is 2.08. The van der Waals surface area contributed by atoms with Crippen LogP contribution < -0.4 is 0 Å². The molecule has 0 saturated carbocycles. The molecule has 2 rings (SSSR count). The van der Waals surface area contributed by atoms with Crippen molar-refractivity contribution < 1.29 is 0 Å². The van der Waals surface area contributed by atoms with Gasteiger partial charge in [-0.25, -0.2) is 4.98 Å².